The van der Waals surface area contributed by atoms with Gasteiger partial charge in [0.1, 0.15) is 0 Å². The minimum atomic E-state index is -5.45. The Kier molecular flexibility index (Phi) is 8.92. The van der Waals surface area contributed by atoms with Gasteiger partial charge in [0.15, 0.2) is 0 Å². The van der Waals surface area contributed by atoms with Gasteiger partial charge in [-0.25, -0.2) is 0 Å². The van der Waals surface area contributed by atoms with E-state index < -0.39 is 18.5 Å². The predicted molar refractivity (Wildman–Crippen MR) is 102 cm³/mol. The van der Waals surface area contributed by atoms with E-state index in [0.717, 1.165) is 18.4 Å². The maximum atomic E-state index is 12.9. The number of hydrogen-bond donors (Lipinski definition) is 0. The van der Waals surface area contributed by atoms with Gasteiger partial charge >= 0.3 is 12.1 Å². The Hall–Kier alpha value is -1.17. The Balaban J connectivity index is 2.31. The lowest BCUT2D eigenvalue weighted by Crippen LogP contribution is -2.36. The molecule has 0 aromatic heterocycles. The summed E-state index contributed by atoms with van der Waals surface area (Å²) in [6.07, 6.45) is -4.01. The third-order valence-corrected chi connectivity index (χ3v) is 4.82. The van der Waals surface area contributed by atoms with Crippen molar-refractivity contribution >= 4 is 0 Å². The summed E-state index contributed by atoms with van der Waals surface area (Å²) in [5, 5.41) is 0. The van der Waals surface area contributed by atoms with Crippen molar-refractivity contribution in [3.8, 4) is 0 Å². The van der Waals surface area contributed by atoms with E-state index in [9.17, 15) is 22.0 Å². The van der Waals surface area contributed by atoms with Gasteiger partial charge in [0.05, 0.1) is 13.2 Å². The van der Waals surface area contributed by atoms with Crippen LogP contribution in [0.2, 0.25) is 0 Å². The number of benzene rings is 1. The SMILES string of the molecule is CC(C)(CCCCCC(F)(F)C(F)(F)F)CC(C)(C)COCc1ccccc1. The molecule has 0 aliphatic rings. The first-order valence-corrected chi connectivity index (χ1v) is 9.80. The first-order valence-electron chi connectivity index (χ1n) is 9.80. The van der Waals surface area contributed by atoms with E-state index in [0.29, 0.717) is 26.1 Å². The van der Waals surface area contributed by atoms with Gasteiger partial charge in [0.2, 0.25) is 0 Å². The molecular formula is C22H33F5O. The van der Waals surface area contributed by atoms with Crippen LogP contribution in [0.15, 0.2) is 30.3 Å². The lowest BCUT2D eigenvalue weighted by Gasteiger charge is -2.35. The molecule has 0 atom stereocenters. The number of ether oxygens (including phenoxy) is 1. The lowest BCUT2D eigenvalue weighted by molar-refractivity contribution is -0.284. The van der Waals surface area contributed by atoms with E-state index >= 15 is 0 Å². The highest BCUT2D eigenvalue weighted by Crippen LogP contribution is 2.40. The lowest BCUT2D eigenvalue weighted by atomic mass is 9.73. The molecule has 162 valence electrons. The third-order valence-electron chi connectivity index (χ3n) is 4.82. The topological polar surface area (TPSA) is 9.23 Å². The van der Waals surface area contributed by atoms with Crippen LogP contribution in [-0.4, -0.2) is 18.7 Å². The number of halogens is 5. The molecule has 1 rings (SSSR count). The molecule has 0 radical (unpaired) electrons. The van der Waals surface area contributed by atoms with Crippen LogP contribution >= 0.6 is 0 Å². The molecule has 0 saturated carbocycles. The Morgan fingerprint density at radius 2 is 1.32 bits per heavy atom. The fourth-order valence-electron chi connectivity index (χ4n) is 3.72. The molecular weight excluding hydrogens is 375 g/mol. The zero-order valence-electron chi connectivity index (χ0n) is 17.3. The summed E-state index contributed by atoms with van der Waals surface area (Å²) in [4.78, 5) is 0. The predicted octanol–water partition coefficient (Wildman–Crippen LogP) is 7.79. The molecule has 1 nitrogen and oxygen atoms in total. The van der Waals surface area contributed by atoms with Gasteiger partial charge in [-0.05, 0) is 35.7 Å². The van der Waals surface area contributed by atoms with Crippen LogP contribution in [0.5, 0.6) is 0 Å². The highest BCUT2D eigenvalue weighted by atomic mass is 19.4. The minimum absolute atomic E-state index is 0.0356. The van der Waals surface area contributed by atoms with Gasteiger partial charge < -0.3 is 4.74 Å². The molecule has 6 heteroatoms. The van der Waals surface area contributed by atoms with E-state index in [1.165, 1.54) is 0 Å². The van der Waals surface area contributed by atoms with Gasteiger partial charge in [-0.15, -0.1) is 0 Å². The maximum Gasteiger partial charge on any atom is 0.453 e. The van der Waals surface area contributed by atoms with Crippen LogP contribution in [0.1, 0.15) is 71.8 Å². The first kappa shape index (κ1) is 24.9. The van der Waals surface area contributed by atoms with Gasteiger partial charge in [-0.2, -0.15) is 22.0 Å². The second-order valence-corrected chi connectivity index (χ2v) is 9.25. The monoisotopic (exact) mass is 408 g/mol. The Bertz CT molecular complexity index is 564. The van der Waals surface area contributed by atoms with Crippen molar-refractivity contribution in [1.29, 1.82) is 0 Å². The highest BCUT2D eigenvalue weighted by molar-refractivity contribution is 5.13. The molecule has 0 saturated heterocycles. The van der Waals surface area contributed by atoms with Crippen molar-refractivity contribution in [1.82, 2.24) is 0 Å². The second kappa shape index (κ2) is 10.0. The normalized spacial score (nSPS) is 13.8. The smallest absolute Gasteiger partial charge is 0.376 e. The third kappa shape index (κ3) is 9.35. The molecule has 0 N–H and O–H groups in total. The molecule has 1 aromatic rings. The Labute approximate surface area is 165 Å². The molecule has 0 amide bonds. The molecule has 0 heterocycles. The molecule has 28 heavy (non-hydrogen) atoms. The average molecular weight is 408 g/mol. The molecule has 0 fully saturated rings. The van der Waals surface area contributed by atoms with E-state index in [-0.39, 0.29) is 17.3 Å². The van der Waals surface area contributed by atoms with Gasteiger partial charge in [0, 0.05) is 6.42 Å². The van der Waals surface area contributed by atoms with Crippen LogP contribution in [0, 0.1) is 10.8 Å². The Morgan fingerprint density at radius 1 is 0.750 bits per heavy atom. The van der Waals surface area contributed by atoms with Gasteiger partial charge in [0.25, 0.3) is 0 Å². The van der Waals surface area contributed by atoms with Gasteiger partial charge in [-0.3, -0.25) is 0 Å². The fourth-order valence-corrected chi connectivity index (χ4v) is 3.72. The molecule has 0 aliphatic carbocycles. The van der Waals surface area contributed by atoms with Crippen molar-refractivity contribution in [2.75, 3.05) is 6.61 Å². The van der Waals surface area contributed by atoms with Crippen molar-refractivity contribution in [3.63, 3.8) is 0 Å². The zero-order valence-corrected chi connectivity index (χ0v) is 17.3. The number of hydrogen-bond acceptors (Lipinski definition) is 1. The number of alkyl halides is 5. The summed E-state index contributed by atoms with van der Waals surface area (Å²) in [6.45, 7) is 9.63. The number of unbranched alkanes of at least 4 members (excludes halogenated alkanes) is 2. The molecule has 0 unspecified atom stereocenters. The highest BCUT2D eigenvalue weighted by Gasteiger charge is 2.56. The minimum Gasteiger partial charge on any atom is -0.376 e. The van der Waals surface area contributed by atoms with E-state index in [1.807, 2.05) is 30.3 Å². The number of rotatable bonds is 12. The standard InChI is InChI=1S/C22H33F5O/c1-19(2,13-9-6-10-14-21(23,24)22(25,26)27)16-20(3,4)17-28-15-18-11-7-5-8-12-18/h5,7-8,11-12H,6,9-10,13-17H2,1-4H3. The van der Waals surface area contributed by atoms with Crippen LogP contribution in [0.25, 0.3) is 0 Å². The summed E-state index contributed by atoms with van der Waals surface area (Å²) < 4.78 is 68.2. The summed E-state index contributed by atoms with van der Waals surface area (Å²) >= 11 is 0. The fraction of sp³-hybridized carbons (Fsp3) is 0.727. The van der Waals surface area contributed by atoms with E-state index in [2.05, 4.69) is 27.7 Å². The molecule has 0 bridgehead atoms. The van der Waals surface area contributed by atoms with Crippen LogP contribution < -0.4 is 0 Å². The molecule has 0 aliphatic heterocycles. The van der Waals surface area contributed by atoms with E-state index in [1.54, 1.807) is 0 Å². The van der Waals surface area contributed by atoms with Crippen LogP contribution in [-0.2, 0) is 11.3 Å². The van der Waals surface area contributed by atoms with E-state index in [4.69, 9.17) is 4.74 Å². The Morgan fingerprint density at radius 3 is 1.89 bits per heavy atom. The van der Waals surface area contributed by atoms with Crippen molar-refractivity contribution in [3.05, 3.63) is 35.9 Å². The van der Waals surface area contributed by atoms with Gasteiger partial charge in [-0.1, -0.05) is 70.9 Å². The van der Waals surface area contributed by atoms with Crippen molar-refractivity contribution < 1.29 is 26.7 Å². The maximum absolute atomic E-state index is 12.9. The van der Waals surface area contributed by atoms with Crippen molar-refractivity contribution in [2.45, 2.75) is 84.9 Å². The largest absolute Gasteiger partial charge is 0.453 e. The quantitative estimate of drug-likeness (QED) is 0.253. The summed E-state index contributed by atoms with van der Waals surface area (Å²) in [6, 6.07) is 9.92. The summed E-state index contributed by atoms with van der Waals surface area (Å²) in [7, 11) is 0. The first-order chi connectivity index (χ1) is 12.7. The second-order valence-electron chi connectivity index (χ2n) is 9.25. The van der Waals surface area contributed by atoms with Crippen LogP contribution in [0.3, 0.4) is 0 Å². The summed E-state index contributed by atoms with van der Waals surface area (Å²) in [5.41, 5.74) is 1.03. The van der Waals surface area contributed by atoms with Crippen LogP contribution in [0.4, 0.5) is 22.0 Å². The van der Waals surface area contributed by atoms with Crippen molar-refractivity contribution in [2.24, 2.45) is 10.8 Å². The molecule has 1 aromatic carbocycles. The summed E-state index contributed by atoms with van der Waals surface area (Å²) in [5.74, 6) is -4.58. The average Bonchev–Trinajstić information content (AvgIpc) is 2.53. The zero-order chi connectivity index (χ0) is 21.5. The molecule has 0 spiro atoms.